The average Bonchev–Trinajstić information content (AvgIpc) is 2.41. The first-order valence-electron chi connectivity index (χ1n) is 6.62. The monoisotopic (exact) mass is 289 g/mol. The first-order valence-corrected chi connectivity index (χ1v) is 6.62. The summed E-state index contributed by atoms with van der Waals surface area (Å²) in [4.78, 5) is 11.9. The maximum absolute atomic E-state index is 9.65. The zero-order valence-corrected chi connectivity index (χ0v) is 12.2. The van der Waals surface area contributed by atoms with Gasteiger partial charge in [0.1, 0.15) is 5.75 Å². The van der Waals surface area contributed by atoms with Crippen LogP contribution in [0.3, 0.4) is 0 Å². The molecule has 2 rings (SSSR count). The maximum Gasteiger partial charge on any atom is 0.222 e. The van der Waals surface area contributed by atoms with Crippen molar-refractivity contribution in [1.29, 1.82) is 0 Å². The summed E-state index contributed by atoms with van der Waals surface area (Å²) in [6.45, 7) is 5.69. The summed E-state index contributed by atoms with van der Waals surface area (Å²) < 4.78 is 5.79. The van der Waals surface area contributed by atoms with E-state index in [1.807, 2.05) is 13.8 Å². The minimum Gasteiger partial charge on any atom is -0.451 e. The molecule has 0 spiro atoms. The molecule has 0 aliphatic heterocycles. The van der Waals surface area contributed by atoms with Gasteiger partial charge in [0.15, 0.2) is 11.6 Å². The number of hydrogen-bond acceptors (Lipinski definition) is 7. The predicted octanol–water partition coefficient (Wildman–Crippen LogP) is 2.00. The van der Waals surface area contributed by atoms with Crippen molar-refractivity contribution in [1.82, 2.24) is 15.0 Å². The van der Waals surface area contributed by atoms with Crippen molar-refractivity contribution >= 4 is 11.8 Å². The van der Waals surface area contributed by atoms with Crippen molar-refractivity contribution in [2.75, 3.05) is 11.5 Å². The molecule has 1 atom stereocenters. The standard InChI is InChI=1S/C14H19N5O2/c1-7(2)9-5-17-10(8(3)20)4-11(9)21-12-6-18-14(16)19-13(12)15/h4-8,20H,1-3H3,(H4,15,16,18,19)/t8-/m1/s1. The van der Waals surface area contributed by atoms with Crippen LogP contribution < -0.4 is 16.2 Å². The number of ether oxygens (including phenoxy) is 1. The van der Waals surface area contributed by atoms with Crippen molar-refractivity contribution in [3.8, 4) is 11.5 Å². The molecule has 0 aliphatic carbocycles. The number of nitrogens with zero attached hydrogens (tertiary/aromatic N) is 3. The molecule has 0 bridgehead atoms. The summed E-state index contributed by atoms with van der Waals surface area (Å²) in [5.41, 5.74) is 12.7. The predicted molar refractivity (Wildman–Crippen MR) is 79.9 cm³/mol. The summed E-state index contributed by atoms with van der Waals surface area (Å²) in [6.07, 6.45) is 2.43. The highest BCUT2D eigenvalue weighted by Crippen LogP contribution is 2.33. The molecular formula is C14H19N5O2. The zero-order valence-electron chi connectivity index (χ0n) is 12.2. The number of hydrogen-bond donors (Lipinski definition) is 3. The van der Waals surface area contributed by atoms with E-state index in [-0.39, 0.29) is 17.7 Å². The van der Waals surface area contributed by atoms with Crippen LogP contribution in [-0.4, -0.2) is 20.1 Å². The third kappa shape index (κ3) is 3.38. The lowest BCUT2D eigenvalue weighted by Crippen LogP contribution is -2.04. The Hall–Kier alpha value is -2.41. The lowest BCUT2D eigenvalue weighted by molar-refractivity contribution is 0.194. The van der Waals surface area contributed by atoms with Gasteiger partial charge in [0.2, 0.25) is 5.95 Å². The fourth-order valence-corrected chi connectivity index (χ4v) is 1.81. The van der Waals surface area contributed by atoms with Crippen molar-refractivity contribution < 1.29 is 9.84 Å². The van der Waals surface area contributed by atoms with E-state index in [1.54, 1.807) is 19.2 Å². The van der Waals surface area contributed by atoms with Crippen LogP contribution in [0.1, 0.15) is 44.1 Å². The lowest BCUT2D eigenvalue weighted by Gasteiger charge is -2.16. The van der Waals surface area contributed by atoms with Crippen LogP contribution in [-0.2, 0) is 0 Å². The van der Waals surface area contributed by atoms with Gasteiger partial charge in [0, 0.05) is 17.8 Å². The molecule has 0 saturated carbocycles. The summed E-state index contributed by atoms with van der Waals surface area (Å²) in [7, 11) is 0. The van der Waals surface area contributed by atoms with Gasteiger partial charge in [-0.1, -0.05) is 13.8 Å². The minimum absolute atomic E-state index is 0.0864. The number of nitrogens with two attached hydrogens (primary N) is 2. The highest BCUT2D eigenvalue weighted by molar-refractivity contribution is 5.50. The van der Waals surface area contributed by atoms with Crippen molar-refractivity contribution in [3.05, 3.63) is 29.7 Å². The Morgan fingerprint density at radius 3 is 2.38 bits per heavy atom. The van der Waals surface area contributed by atoms with E-state index >= 15 is 0 Å². The van der Waals surface area contributed by atoms with Crippen LogP contribution in [0.25, 0.3) is 0 Å². The molecule has 0 saturated heterocycles. The second kappa shape index (κ2) is 5.92. The Kier molecular flexibility index (Phi) is 4.23. The van der Waals surface area contributed by atoms with Crippen LogP contribution in [0.5, 0.6) is 11.5 Å². The fraction of sp³-hybridized carbons (Fsp3) is 0.357. The van der Waals surface area contributed by atoms with Crippen molar-refractivity contribution in [2.45, 2.75) is 32.8 Å². The van der Waals surface area contributed by atoms with Crippen LogP contribution >= 0.6 is 0 Å². The number of rotatable bonds is 4. The fourth-order valence-electron chi connectivity index (χ4n) is 1.81. The Balaban J connectivity index is 2.43. The molecule has 0 unspecified atom stereocenters. The highest BCUT2D eigenvalue weighted by atomic mass is 16.5. The summed E-state index contributed by atoms with van der Waals surface area (Å²) in [5.74, 6) is 1.33. The zero-order chi connectivity index (χ0) is 15.6. The average molecular weight is 289 g/mol. The van der Waals surface area contributed by atoms with Gasteiger partial charge in [0.25, 0.3) is 0 Å². The van der Waals surface area contributed by atoms with E-state index < -0.39 is 6.10 Å². The van der Waals surface area contributed by atoms with E-state index in [1.165, 1.54) is 6.20 Å². The Morgan fingerprint density at radius 1 is 1.10 bits per heavy atom. The van der Waals surface area contributed by atoms with Gasteiger partial charge >= 0.3 is 0 Å². The number of aromatic nitrogens is 3. The molecule has 0 aliphatic rings. The summed E-state index contributed by atoms with van der Waals surface area (Å²) >= 11 is 0. The molecule has 0 amide bonds. The summed E-state index contributed by atoms with van der Waals surface area (Å²) in [6, 6.07) is 1.69. The number of nitrogen functional groups attached to an aromatic ring is 2. The van der Waals surface area contributed by atoms with Gasteiger partial charge in [-0.2, -0.15) is 4.98 Å². The number of aliphatic hydroxyl groups is 1. The van der Waals surface area contributed by atoms with Crippen molar-refractivity contribution in [2.24, 2.45) is 0 Å². The molecule has 112 valence electrons. The second-order valence-electron chi connectivity index (χ2n) is 5.06. The van der Waals surface area contributed by atoms with Gasteiger partial charge in [-0.05, 0) is 12.8 Å². The Bertz CT molecular complexity index is 643. The van der Waals surface area contributed by atoms with Crippen LogP contribution in [0.15, 0.2) is 18.5 Å². The highest BCUT2D eigenvalue weighted by Gasteiger charge is 2.15. The summed E-state index contributed by atoms with van der Waals surface area (Å²) in [5, 5.41) is 9.65. The molecule has 2 aromatic heterocycles. The Morgan fingerprint density at radius 2 is 1.81 bits per heavy atom. The van der Waals surface area contributed by atoms with Crippen LogP contribution in [0.2, 0.25) is 0 Å². The smallest absolute Gasteiger partial charge is 0.222 e. The topological polar surface area (TPSA) is 120 Å². The Labute approximate surface area is 123 Å². The van der Waals surface area contributed by atoms with Gasteiger partial charge in [-0.3, -0.25) is 4.98 Å². The quantitative estimate of drug-likeness (QED) is 0.787. The second-order valence-corrected chi connectivity index (χ2v) is 5.06. The molecule has 7 heteroatoms. The number of pyridine rings is 1. The van der Waals surface area contributed by atoms with E-state index in [2.05, 4.69) is 15.0 Å². The number of anilines is 2. The normalized spacial score (nSPS) is 12.4. The minimum atomic E-state index is -0.687. The lowest BCUT2D eigenvalue weighted by atomic mass is 10.0. The molecule has 5 N–H and O–H groups in total. The van der Waals surface area contributed by atoms with Crippen LogP contribution in [0, 0.1) is 0 Å². The largest absolute Gasteiger partial charge is 0.451 e. The maximum atomic E-state index is 9.65. The molecule has 0 fully saturated rings. The molecule has 0 radical (unpaired) electrons. The van der Waals surface area contributed by atoms with Gasteiger partial charge in [-0.25, -0.2) is 4.98 Å². The third-order valence-electron chi connectivity index (χ3n) is 2.99. The molecular weight excluding hydrogens is 270 g/mol. The van der Waals surface area contributed by atoms with Gasteiger partial charge in [0.05, 0.1) is 18.0 Å². The first kappa shape index (κ1) is 15.0. The third-order valence-corrected chi connectivity index (χ3v) is 2.99. The molecule has 0 aromatic carbocycles. The first-order chi connectivity index (χ1) is 9.88. The van der Waals surface area contributed by atoms with Gasteiger partial charge in [-0.15, -0.1) is 0 Å². The van der Waals surface area contributed by atoms with E-state index in [4.69, 9.17) is 16.2 Å². The molecule has 7 nitrogen and oxygen atoms in total. The molecule has 2 aromatic rings. The SMILES string of the molecule is CC(C)c1cnc([C@@H](C)O)cc1Oc1cnc(N)nc1N. The van der Waals surface area contributed by atoms with E-state index in [9.17, 15) is 5.11 Å². The molecule has 2 heterocycles. The molecule has 21 heavy (non-hydrogen) atoms. The van der Waals surface area contributed by atoms with Crippen LogP contribution in [0.4, 0.5) is 11.8 Å². The van der Waals surface area contributed by atoms with E-state index in [0.717, 1.165) is 5.56 Å². The van der Waals surface area contributed by atoms with E-state index in [0.29, 0.717) is 17.2 Å². The van der Waals surface area contributed by atoms with Gasteiger partial charge < -0.3 is 21.3 Å². The van der Waals surface area contributed by atoms with Crippen molar-refractivity contribution in [3.63, 3.8) is 0 Å². The number of aliphatic hydroxyl groups excluding tert-OH is 1.